The normalized spacial score (nSPS) is 19.4. The van der Waals surface area contributed by atoms with Gasteiger partial charge in [0, 0.05) is 26.2 Å². The Labute approximate surface area is 208 Å². The van der Waals surface area contributed by atoms with Gasteiger partial charge in [-0.3, -0.25) is 14.5 Å². The quantitative estimate of drug-likeness (QED) is 0.539. The van der Waals surface area contributed by atoms with Crippen molar-refractivity contribution in [3.8, 4) is 11.5 Å². The average Bonchev–Trinajstić information content (AvgIpc) is 2.85. The molecule has 4 rings (SSSR count). The van der Waals surface area contributed by atoms with Crippen molar-refractivity contribution < 1.29 is 14.3 Å². The number of hydrogen-bond donors (Lipinski definition) is 1. The lowest BCUT2D eigenvalue weighted by Gasteiger charge is -2.50. The molecule has 0 bridgehead atoms. The highest BCUT2D eigenvalue weighted by Gasteiger charge is 2.52. The lowest BCUT2D eigenvalue weighted by Crippen LogP contribution is -2.69. The number of piperidine rings is 1. The lowest BCUT2D eigenvalue weighted by molar-refractivity contribution is -0.154. The van der Waals surface area contributed by atoms with Crippen LogP contribution in [0.15, 0.2) is 66.4 Å². The molecule has 1 N–H and O–H groups in total. The van der Waals surface area contributed by atoms with Crippen LogP contribution in [0, 0.1) is 5.92 Å². The van der Waals surface area contributed by atoms with Crippen LogP contribution in [-0.4, -0.2) is 46.8 Å². The van der Waals surface area contributed by atoms with Gasteiger partial charge in [-0.15, -0.1) is 0 Å². The zero-order chi connectivity index (χ0) is 24.8. The van der Waals surface area contributed by atoms with Crippen molar-refractivity contribution in [2.24, 2.45) is 5.92 Å². The number of unbranched alkanes of at least 4 members (excludes halogenated alkanes) is 1. The predicted molar refractivity (Wildman–Crippen MR) is 138 cm³/mol. The molecule has 0 unspecified atom stereocenters. The number of nitrogens with zero attached hydrogens (tertiary/aromatic N) is 2. The van der Waals surface area contributed by atoms with Crippen LogP contribution in [0.4, 0.5) is 0 Å². The molecule has 0 saturated carbocycles. The van der Waals surface area contributed by atoms with Crippen LogP contribution < -0.4 is 10.1 Å². The summed E-state index contributed by atoms with van der Waals surface area (Å²) in [5.41, 5.74) is 0.896. The maximum absolute atomic E-state index is 13.4. The standard InChI is InChI=1S/C29H37N3O3/c1-4-5-17-32-27(33)26(20-22(2)3)30-28(34)29(32)15-18-31(19-16-29)21-23-11-13-25(14-12-23)35-24-9-7-6-8-10-24/h6-14,20,22H,4-5,15-19,21H2,1-3H3,(H,30,34). The number of rotatable bonds is 8. The summed E-state index contributed by atoms with van der Waals surface area (Å²) in [6.07, 6.45) is 5.06. The number of ether oxygens (including phenoxy) is 1. The number of benzene rings is 2. The van der Waals surface area contributed by atoms with E-state index in [0.717, 1.165) is 44.0 Å². The molecular weight excluding hydrogens is 438 g/mol. The SMILES string of the molecule is CCCCN1C(=O)C(=CC(C)C)NC(=O)C12CCN(Cc1ccc(Oc3ccccc3)cc1)CC2. The third kappa shape index (κ3) is 5.76. The van der Waals surface area contributed by atoms with E-state index >= 15 is 0 Å². The molecule has 2 aliphatic rings. The van der Waals surface area contributed by atoms with E-state index in [9.17, 15) is 9.59 Å². The largest absolute Gasteiger partial charge is 0.457 e. The van der Waals surface area contributed by atoms with Crippen LogP contribution >= 0.6 is 0 Å². The van der Waals surface area contributed by atoms with E-state index in [-0.39, 0.29) is 17.7 Å². The summed E-state index contributed by atoms with van der Waals surface area (Å²) in [6.45, 7) is 9.14. The summed E-state index contributed by atoms with van der Waals surface area (Å²) in [5.74, 6) is 1.77. The number of carbonyl (C=O) groups excluding carboxylic acids is 2. The van der Waals surface area contributed by atoms with Crippen molar-refractivity contribution in [2.75, 3.05) is 19.6 Å². The molecule has 186 valence electrons. The average molecular weight is 476 g/mol. The van der Waals surface area contributed by atoms with Crippen LogP contribution in [0.2, 0.25) is 0 Å². The molecule has 1 spiro atoms. The van der Waals surface area contributed by atoms with Gasteiger partial charge in [0.15, 0.2) is 0 Å². The smallest absolute Gasteiger partial charge is 0.270 e. The number of carbonyl (C=O) groups is 2. The van der Waals surface area contributed by atoms with Gasteiger partial charge in [0.05, 0.1) is 0 Å². The number of likely N-dealkylation sites (tertiary alicyclic amines) is 1. The number of allylic oxidation sites excluding steroid dienone is 1. The Morgan fingerprint density at radius 3 is 2.29 bits per heavy atom. The molecule has 2 fully saturated rings. The highest BCUT2D eigenvalue weighted by molar-refractivity contribution is 6.06. The Morgan fingerprint density at radius 1 is 1.00 bits per heavy atom. The van der Waals surface area contributed by atoms with E-state index < -0.39 is 5.54 Å². The Kier molecular flexibility index (Phi) is 7.91. The summed E-state index contributed by atoms with van der Waals surface area (Å²) in [7, 11) is 0. The molecule has 6 heteroatoms. The Morgan fingerprint density at radius 2 is 1.66 bits per heavy atom. The third-order valence-corrected chi connectivity index (χ3v) is 6.89. The van der Waals surface area contributed by atoms with Gasteiger partial charge in [0.25, 0.3) is 11.8 Å². The first-order valence-corrected chi connectivity index (χ1v) is 12.8. The van der Waals surface area contributed by atoms with Gasteiger partial charge < -0.3 is 15.0 Å². The molecule has 2 aliphatic heterocycles. The van der Waals surface area contributed by atoms with Gasteiger partial charge >= 0.3 is 0 Å². The summed E-state index contributed by atoms with van der Waals surface area (Å²) >= 11 is 0. The van der Waals surface area contributed by atoms with Gasteiger partial charge in [-0.2, -0.15) is 0 Å². The molecule has 2 aromatic carbocycles. The second-order valence-electron chi connectivity index (χ2n) is 9.96. The van der Waals surface area contributed by atoms with E-state index in [1.807, 2.05) is 67.3 Å². The maximum Gasteiger partial charge on any atom is 0.270 e. The van der Waals surface area contributed by atoms with E-state index in [2.05, 4.69) is 29.3 Å². The van der Waals surface area contributed by atoms with E-state index in [1.54, 1.807) is 0 Å². The highest BCUT2D eigenvalue weighted by atomic mass is 16.5. The summed E-state index contributed by atoms with van der Waals surface area (Å²) in [6, 6.07) is 17.9. The Hall–Kier alpha value is -3.12. The Bertz CT molecular complexity index is 1040. The summed E-state index contributed by atoms with van der Waals surface area (Å²) < 4.78 is 5.90. The first-order valence-electron chi connectivity index (χ1n) is 12.8. The number of piperazine rings is 1. The van der Waals surface area contributed by atoms with Crippen LogP contribution in [0.1, 0.15) is 52.0 Å². The summed E-state index contributed by atoms with van der Waals surface area (Å²) in [5, 5.41) is 2.95. The molecule has 6 nitrogen and oxygen atoms in total. The van der Waals surface area contributed by atoms with Crippen molar-refractivity contribution in [1.82, 2.24) is 15.1 Å². The molecule has 2 saturated heterocycles. The van der Waals surface area contributed by atoms with Gasteiger partial charge in [-0.05, 0) is 55.0 Å². The molecule has 35 heavy (non-hydrogen) atoms. The van der Waals surface area contributed by atoms with Crippen LogP contribution in [0.3, 0.4) is 0 Å². The fourth-order valence-electron chi connectivity index (χ4n) is 4.96. The monoisotopic (exact) mass is 475 g/mol. The minimum Gasteiger partial charge on any atom is -0.457 e. The van der Waals surface area contributed by atoms with Crippen molar-refractivity contribution in [3.05, 3.63) is 71.9 Å². The molecule has 2 amide bonds. The first-order chi connectivity index (χ1) is 16.9. The topological polar surface area (TPSA) is 61.9 Å². The van der Waals surface area contributed by atoms with Crippen LogP contribution in [-0.2, 0) is 16.1 Å². The highest BCUT2D eigenvalue weighted by Crippen LogP contribution is 2.35. The minimum atomic E-state index is -0.746. The van der Waals surface area contributed by atoms with E-state index in [4.69, 9.17) is 4.74 Å². The molecule has 0 radical (unpaired) electrons. The molecule has 0 aliphatic carbocycles. The van der Waals surface area contributed by atoms with E-state index in [1.165, 1.54) is 5.56 Å². The minimum absolute atomic E-state index is 0.0258. The fraction of sp³-hybridized carbons (Fsp3) is 0.448. The molecule has 2 heterocycles. The zero-order valence-corrected chi connectivity index (χ0v) is 21.1. The summed E-state index contributed by atoms with van der Waals surface area (Å²) in [4.78, 5) is 30.9. The van der Waals surface area contributed by atoms with Gasteiger partial charge in [0.1, 0.15) is 22.7 Å². The number of amides is 2. The van der Waals surface area contributed by atoms with E-state index in [0.29, 0.717) is 25.1 Å². The molecule has 2 aromatic rings. The molecule has 0 aromatic heterocycles. The van der Waals surface area contributed by atoms with Gasteiger partial charge in [-0.1, -0.05) is 63.6 Å². The third-order valence-electron chi connectivity index (χ3n) is 6.89. The van der Waals surface area contributed by atoms with Crippen molar-refractivity contribution in [2.45, 2.75) is 58.5 Å². The number of para-hydroxylation sites is 1. The zero-order valence-electron chi connectivity index (χ0n) is 21.1. The van der Waals surface area contributed by atoms with Gasteiger partial charge in [0.2, 0.25) is 0 Å². The lowest BCUT2D eigenvalue weighted by atomic mass is 9.82. The van der Waals surface area contributed by atoms with Crippen molar-refractivity contribution in [3.63, 3.8) is 0 Å². The number of hydrogen-bond acceptors (Lipinski definition) is 4. The predicted octanol–water partition coefficient (Wildman–Crippen LogP) is 5.11. The number of nitrogens with one attached hydrogen (secondary N) is 1. The second-order valence-corrected chi connectivity index (χ2v) is 9.96. The first kappa shape index (κ1) is 25.0. The molecule has 0 atom stereocenters. The van der Waals surface area contributed by atoms with Gasteiger partial charge in [-0.25, -0.2) is 0 Å². The maximum atomic E-state index is 13.4. The van der Waals surface area contributed by atoms with Crippen molar-refractivity contribution >= 4 is 11.8 Å². The molecular formula is C29H37N3O3. The van der Waals surface area contributed by atoms with Crippen molar-refractivity contribution in [1.29, 1.82) is 0 Å². The fourth-order valence-corrected chi connectivity index (χ4v) is 4.96. The van der Waals surface area contributed by atoms with Crippen LogP contribution in [0.25, 0.3) is 0 Å². The van der Waals surface area contributed by atoms with Crippen LogP contribution in [0.5, 0.6) is 11.5 Å². The second kappa shape index (κ2) is 11.1. The Balaban J connectivity index is 1.40.